The summed E-state index contributed by atoms with van der Waals surface area (Å²) in [5.41, 5.74) is 12.7. The topological polar surface area (TPSA) is 90.7 Å². The highest BCUT2D eigenvalue weighted by molar-refractivity contribution is 6.12. The Hall–Kier alpha value is -8.84. The van der Waals surface area contributed by atoms with Crippen molar-refractivity contribution in [3.63, 3.8) is 0 Å². The monoisotopic (exact) mass is 993 g/mol. The van der Waals surface area contributed by atoms with E-state index in [1.54, 1.807) is 0 Å². The van der Waals surface area contributed by atoms with Gasteiger partial charge in [0.1, 0.15) is 0 Å². The third-order valence-electron chi connectivity index (χ3n) is 13.2. The molecule has 0 aliphatic rings. The molecule has 2 heterocycles. The number of rotatable bonds is 21. The molecule has 0 bridgehead atoms. The van der Waals surface area contributed by atoms with Crippen LogP contribution in [-0.4, -0.2) is 88.6 Å². The van der Waals surface area contributed by atoms with Crippen molar-refractivity contribution in [2.45, 2.75) is 20.5 Å². The maximum Gasteiger partial charge on any atom is 0.0701 e. The van der Waals surface area contributed by atoms with Crippen LogP contribution in [-0.2, 0) is 22.6 Å². The van der Waals surface area contributed by atoms with Gasteiger partial charge < -0.3 is 18.6 Å². The van der Waals surface area contributed by atoms with Gasteiger partial charge in [0, 0.05) is 84.9 Å². The molecule has 0 atom stereocenters. The van der Waals surface area contributed by atoms with E-state index < -0.39 is 0 Å². The van der Waals surface area contributed by atoms with E-state index in [4.69, 9.17) is 29.9 Å². The normalized spacial score (nSPS) is 11.8. The van der Waals surface area contributed by atoms with Gasteiger partial charge in [0.2, 0.25) is 0 Å². The minimum atomic E-state index is 0. The van der Waals surface area contributed by atoms with Gasteiger partial charge in [0.25, 0.3) is 0 Å². The predicted octanol–water partition coefficient (Wildman–Crippen LogP) is 13.2. The molecule has 0 N–H and O–H groups in total. The number of benzene rings is 8. The first kappa shape index (κ1) is 51.1. The van der Waals surface area contributed by atoms with Crippen LogP contribution < -0.4 is 20.0 Å². The average molecular weight is 993 g/mol. The lowest BCUT2D eigenvalue weighted by atomic mass is 10.1. The number of para-hydroxylation sites is 4. The lowest BCUT2D eigenvalue weighted by Gasteiger charge is -2.12. The molecule has 12 nitrogen and oxygen atoms in total. The van der Waals surface area contributed by atoms with Crippen LogP contribution in [0.3, 0.4) is 0 Å². The van der Waals surface area contributed by atoms with E-state index >= 15 is 0 Å². The molecule has 0 amide bonds. The molecule has 75 heavy (non-hydrogen) atoms. The third kappa shape index (κ3) is 12.2. The second-order valence-corrected chi connectivity index (χ2v) is 18.0. The first-order valence-corrected chi connectivity index (χ1v) is 24.9. The number of hydrazone groups is 4. The molecule has 8 aromatic carbocycles. The maximum atomic E-state index is 6.27. The first-order chi connectivity index (χ1) is 36.4. The lowest BCUT2D eigenvalue weighted by Crippen LogP contribution is -2.12. The minimum Gasteiger partial charge on any atom is -0.377 e. The number of hydrogen-bond donors (Lipinski definition) is 0. The largest absolute Gasteiger partial charge is 0.377 e. The van der Waals surface area contributed by atoms with Crippen LogP contribution in [0, 0.1) is 0 Å². The summed E-state index contributed by atoms with van der Waals surface area (Å²) in [5.74, 6) is 0. The highest BCUT2D eigenvalue weighted by Gasteiger charge is 2.15. The molecule has 0 aliphatic heterocycles. The van der Waals surface area contributed by atoms with Crippen molar-refractivity contribution in [2.24, 2.45) is 20.4 Å². The van der Waals surface area contributed by atoms with Gasteiger partial charge in [-0.05, 0) is 119 Å². The van der Waals surface area contributed by atoms with Crippen molar-refractivity contribution >= 4 is 91.2 Å². The summed E-state index contributed by atoms with van der Waals surface area (Å²) in [4.78, 5) is 0. The zero-order valence-electron chi connectivity index (χ0n) is 42.3. The van der Waals surface area contributed by atoms with Crippen molar-refractivity contribution in [3.05, 3.63) is 216 Å². The summed E-state index contributed by atoms with van der Waals surface area (Å²) in [6.07, 6.45) is 7.66. The van der Waals surface area contributed by atoms with Gasteiger partial charge in [-0.15, -0.1) is 0 Å². The highest BCUT2D eigenvalue weighted by Crippen LogP contribution is 2.32. The Morgan fingerprint density at radius 2 is 0.573 bits per heavy atom. The van der Waals surface area contributed by atoms with Crippen molar-refractivity contribution < 1.29 is 9.47 Å². The fourth-order valence-electron chi connectivity index (χ4n) is 9.17. The Balaban J connectivity index is 0.00000689. The number of hydrogen-bond acceptors (Lipinski definition) is 10. The van der Waals surface area contributed by atoms with Crippen LogP contribution >= 0.6 is 0 Å². The van der Waals surface area contributed by atoms with Crippen LogP contribution in [0.15, 0.2) is 215 Å². The summed E-state index contributed by atoms with van der Waals surface area (Å²) in [5, 5.41) is 31.2. The molecule has 0 saturated carbocycles. The van der Waals surface area contributed by atoms with Gasteiger partial charge in [-0.1, -0.05) is 104 Å². The van der Waals surface area contributed by atoms with Gasteiger partial charge in [0.05, 0.1) is 74.0 Å². The Bertz CT molecular complexity index is 3130. The number of anilines is 4. The molecule has 2 aromatic heterocycles. The molecule has 0 radical (unpaired) electrons. The van der Waals surface area contributed by atoms with Crippen molar-refractivity contribution in [2.75, 3.05) is 74.7 Å². The second kappa shape index (κ2) is 24.3. The standard InChI is InChI=1S/C62H60N10O2.CH4/c1-67(51-17-9-5-10-18-51)63-43-47-25-29-59-55(39-47)56-40-48(44-64-68(2)52-19-11-6-12-20-52)26-30-60(56)71(59)33-35-73-37-38-74-36-34-72-61-31-27-49(45-65-69(3)53-21-13-7-14-22-53)41-57(61)58-42-50(28-32-62(58)72)46-66-70(4)54-23-15-8-16-24-54;/h5-32,39-46H,33-38H2,1-4H3;1H4/b63-43+,64-44+,65-45+,66-46+;. The third-order valence-corrected chi connectivity index (χ3v) is 13.2. The lowest BCUT2D eigenvalue weighted by molar-refractivity contribution is 0.0431. The SMILES string of the molecule is C.CN(/N=C/c1ccc2c(c1)c1cc(/C=N/N(C)c3ccccc3)ccc1n2CCOCCOCCn1c2ccc(/C=N/N(C)c3ccccc3)cc2c2cc(/C=N/N(C)c3ccccc3)ccc21)c1ccccc1. The zero-order chi connectivity index (χ0) is 50.6. The number of nitrogens with zero attached hydrogens (tertiary/aromatic N) is 10. The molecule has 378 valence electrons. The zero-order valence-corrected chi connectivity index (χ0v) is 42.3. The fraction of sp³-hybridized carbons (Fsp3) is 0.175. The summed E-state index contributed by atoms with van der Waals surface area (Å²) in [7, 11) is 7.85. The Labute approximate surface area is 439 Å². The highest BCUT2D eigenvalue weighted by atomic mass is 16.5. The molecule has 12 heteroatoms. The van der Waals surface area contributed by atoms with E-state index in [0.29, 0.717) is 39.5 Å². The molecular formula is C63H64N10O2. The van der Waals surface area contributed by atoms with E-state index in [2.05, 4.69) is 81.9 Å². The van der Waals surface area contributed by atoms with Gasteiger partial charge in [0.15, 0.2) is 0 Å². The second-order valence-electron chi connectivity index (χ2n) is 18.0. The summed E-state index contributed by atoms with van der Waals surface area (Å²) in [6.45, 7) is 3.39. The molecule has 0 spiro atoms. The molecule has 10 rings (SSSR count). The Morgan fingerprint density at radius 1 is 0.333 bits per heavy atom. The van der Waals surface area contributed by atoms with Crippen LogP contribution in [0.1, 0.15) is 29.7 Å². The average Bonchev–Trinajstić information content (AvgIpc) is 3.96. The Morgan fingerprint density at radius 3 is 0.813 bits per heavy atom. The van der Waals surface area contributed by atoms with Crippen LogP contribution in [0.25, 0.3) is 43.6 Å². The quantitative estimate of drug-likeness (QED) is 0.0405. The van der Waals surface area contributed by atoms with Gasteiger partial charge in [-0.2, -0.15) is 20.4 Å². The van der Waals surface area contributed by atoms with Gasteiger partial charge in [-0.25, -0.2) is 0 Å². The Kier molecular flexibility index (Phi) is 16.5. The molecule has 10 aromatic rings. The first-order valence-electron chi connectivity index (χ1n) is 24.9. The number of aromatic nitrogens is 2. The fourth-order valence-corrected chi connectivity index (χ4v) is 9.17. The molecular weight excluding hydrogens is 929 g/mol. The van der Waals surface area contributed by atoms with E-state index in [9.17, 15) is 0 Å². The van der Waals surface area contributed by atoms with Gasteiger partial charge >= 0.3 is 0 Å². The summed E-state index contributed by atoms with van der Waals surface area (Å²) >= 11 is 0. The van der Waals surface area contributed by atoms with Crippen molar-refractivity contribution in [1.29, 1.82) is 0 Å². The molecule has 0 aliphatic carbocycles. The van der Waals surface area contributed by atoms with Crippen molar-refractivity contribution in [3.8, 4) is 0 Å². The number of ether oxygens (including phenoxy) is 2. The maximum absolute atomic E-state index is 6.27. The number of fused-ring (bicyclic) bond motifs is 6. The van der Waals surface area contributed by atoms with Gasteiger partial charge in [-0.3, -0.25) is 20.0 Å². The van der Waals surface area contributed by atoms with E-state index in [1.807, 2.05) is 194 Å². The van der Waals surface area contributed by atoms with Crippen LogP contribution in [0.5, 0.6) is 0 Å². The van der Waals surface area contributed by atoms with Crippen LogP contribution in [0.4, 0.5) is 22.7 Å². The molecule has 0 unspecified atom stereocenters. The van der Waals surface area contributed by atoms with E-state index in [0.717, 1.165) is 88.6 Å². The summed E-state index contributed by atoms with van der Waals surface area (Å²) < 4.78 is 17.2. The summed E-state index contributed by atoms with van der Waals surface area (Å²) in [6, 6.07) is 66.7. The van der Waals surface area contributed by atoms with Crippen molar-refractivity contribution in [1.82, 2.24) is 9.13 Å². The smallest absolute Gasteiger partial charge is 0.0701 e. The van der Waals surface area contributed by atoms with Crippen LogP contribution in [0.2, 0.25) is 0 Å². The molecule has 0 fully saturated rings. The predicted molar refractivity (Wildman–Crippen MR) is 317 cm³/mol. The van der Waals surface area contributed by atoms with E-state index in [1.165, 1.54) is 0 Å². The molecule has 0 saturated heterocycles. The van der Waals surface area contributed by atoms with E-state index in [-0.39, 0.29) is 7.43 Å². The minimum absolute atomic E-state index is 0.